The third-order valence-corrected chi connectivity index (χ3v) is 2.82. The number of carbonyl (C=O) groups excluding carboxylic acids is 1. The van der Waals surface area contributed by atoms with Crippen LogP contribution < -0.4 is 5.32 Å². The molecule has 4 heteroatoms. The fraction of sp³-hybridized carbons (Fsp3) is 0.333. The van der Waals surface area contributed by atoms with Gasteiger partial charge in [0.25, 0.3) is 0 Å². The van der Waals surface area contributed by atoms with Crippen molar-refractivity contribution in [2.24, 2.45) is 0 Å². The van der Waals surface area contributed by atoms with E-state index in [-0.39, 0.29) is 0 Å². The lowest BCUT2D eigenvalue weighted by Gasteiger charge is -2.30. The van der Waals surface area contributed by atoms with Crippen LogP contribution in [0.5, 0.6) is 0 Å². The van der Waals surface area contributed by atoms with E-state index in [0.29, 0.717) is 12.5 Å². The van der Waals surface area contributed by atoms with E-state index in [0.717, 1.165) is 6.42 Å². The number of carboxylic acid groups (broad SMARTS) is 1. The first-order valence-electron chi connectivity index (χ1n) is 5.23. The fourth-order valence-electron chi connectivity index (χ4n) is 1.98. The normalized spacial score (nSPS) is 17.1. The molecule has 1 atom stereocenters. The minimum Gasteiger partial charge on any atom is -0.481 e. The van der Waals surface area contributed by atoms with Crippen molar-refractivity contribution in [3.8, 4) is 0 Å². The summed E-state index contributed by atoms with van der Waals surface area (Å²) in [5.41, 5.74) is 2.58. The molecular formula is C12H13NO3. The van der Waals surface area contributed by atoms with Crippen molar-refractivity contribution >= 4 is 11.9 Å². The molecule has 0 fully saturated rings. The van der Waals surface area contributed by atoms with Gasteiger partial charge in [0, 0.05) is 12.5 Å². The Hall–Kier alpha value is -1.84. The van der Waals surface area contributed by atoms with Crippen LogP contribution in [0.1, 0.15) is 23.5 Å². The molecule has 1 aromatic carbocycles. The molecule has 2 rings (SSSR count). The standard InChI is InChI=1S/C12H13NO3/c14-11(6-12(15)16)13-7-9-5-8-3-1-2-4-10(8)9/h1-4,9H,5-7H2,(H,13,14)(H,15,16). The topological polar surface area (TPSA) is 66.4 Å². The molecule has 4 nitrogen and oxygen atoms in total. The molecule has 0 spiro atoms. The summed E-state index contributed by atoms with van der Waals surface area (Å²) in [5.74, 6) is -1.17. The third kappa shape index (κ3) is 2.21. The van der Waals surface area contributed by atoms with E-state index in [2.05, 4.69) is 11.4 Å². The largest absolute Gasteiger partial charge is 0.481 e. The van der Waals surface area contributed by atoms with Gasteiger partial charge in [-0.3, -0.25) is 9.59 Å². The van der Waals surface area contributed by atoms with Crippen LogP contribution in [0, 0.1) is 0 Å². The Balaban J connectivity index is 1.82. The highest BCUT2D eigenvalue weighted by molar-refractivity contribution is 5.93. The zero-order valence-corrected chi connectivity index (χ0v) is 8.77. The van der Waals surface area contributed by atoms with Crippen LogP contribution in [0.3, 0.4) is 0 Å². The quantitative estimate of drug-likeness (QED) is 0.740. The first-order valence-corrected chi connectivity index (χ1v) is 5.23. The molecule has 1 aliphatic rings. The van der Waals surface area contributed by atoms with Gasteiger partial charge in [0.05, 0.1) is 0 Å². The van der Waals surface area contributed by atoms with E-state index in [1.54, 1.807) is 0 Å². The van der Waals surface area contributed by atoms with Gasteiger partial charge in [-0.05, 0) is 17.5 Å². The summed E-state index contributed by atoms with van der Waals surface area (Å²) < 4.78 is 0. The first kappa shape index (κ1) is 10.7. The number of hydrogen-bond donors (Lipinski definition) is 2. The minimum absolute atomic E-state index is 0.342. The second-order valence-electron chi connectivity index (χ2n) is 3.97. The van der Waals surface area contributed by atoms with Crippen LogP contribution >= 0.6 is 0 Å². The smallest absolute Gasteiger partial charge is 0.312 e. The molecule has 84 valence electrons. The van der Waals surface area contributed by atoms with Crippen molar-refractivity contribution in [1.29, 1.82) is 0 Å². The lowest BCUT2D eigenvalue weighted by atomic mass is 9.77. The van der Waals surface area contributed by atoms with Crippen molar-refractivity contribution in [2.45, 2.75) is 18.8 Å². The summed E-state index contributed by atoms with van der Waals surface area (Å²) >= 11 is 0. The predicted octanol–water partition coefficient (Wildman–Crippen LogP) is 0.917. The number of rotatable bonds is 4. The van der Waals surface area contributed by atoms with Crippen LogP contribution in [-0.2, 0) is 16.0 Å². The second-order valence-corrected chi connectivity index (χ2v) is 3.97. The van der Waals surface area contributed by atoms with Crippen LogP contribution in [0.2, 0.25) is 0 Å². The lowest BCUT2D eigenvalue weighted by molar-refractivity contribution is -0.140. The molecule has 1 aliphatic carbocycles. The summed E-state index contributed by atoms with van der Waals surface area (Å²) in [6.45, 7) is 0.531. The van der Waals surface area contributed by atoms with Crippen molar-refractivity contribution in [3.05, 3.63) is 35.4 Å². The molecule has 0 saturated heterocycles. The van der Waals surface area contributed by atoms with Gasteiger partial charge in [-0.25, -0.2) is 0 Å². The molecule has 1 unspecified atom stereocenters. The van der Waals surface area contributed by atoms with Crippen LogP contribution in [0.4, 0.5) is 0 Å². The van der Waals surface area contributed by atoms with Crippen molar-refractivity contribution in [3.63, 3.8) is 0 Å². The molecule has 0 aromatic heterocycles. The molecule has 0 heterocycles. The maximum Gasteiger partial charge on any atom is 0.312 e. The van der Waals surface area contributed by atoms with E-state index >= 15 is 0 Å². The summed E-state index contributed by atoms with van der Waals surface area (Å²) in [6.07, 6.45) is 0.512. The average Bonchev–Trinajstić information content (AvgIpc) is 2.18. The molecule has 0 radical (unpaired) electrons. The number of fused-ring (bicyclic) bond motifs is 1. The number of benzene rings is 1. The predicted molar refractivity (Wildman–Crippen MR) is 58.1 cm³/mol. The van der Waals surface area contributed by atoms with E-state index in [4.69, 9.17) is 5.11 Å². The van der Waals surface area contributed by atoms with Gasteiger partial charge in [0.1, 0.15) is 6.42 Å². The highest BCUT2D eigenvalue weighted by Gasteiger charge is 2.25. The van der Waals surface area contributed by atoms with Crippen LogP contribution in [0.15, 0.2) is 24.3 Å². The summed E-state index contributed by atoms with van der Waals surface area (Å²) in [5, 5.41) is 11.1. The Labute approximate surface area is 93.3 Å². The summed E-state index contributed by atoms with van der Waals surface area (Å²) in [7, 11) is 0. The van der Waals surface area contributed by atoms with Crippen LogP contribution in [-0.4, -0.2) is 23.5 Å². The minimum atomic E-state index is -1.09. The number of carbonyl (C=O) groups is 2. The zero-order valence-electron chi connectivity index (χ0n) is 8.77. The summed E-state index contributed by atoms with van der Waals surface area (Å²) in [4.78, 5) is 21.4. The SMILES string of the molecule is O=C(O)CC(=O)NCC1Cc2ccccc21. The van der Waals surface area contributed by atoms with Crippen molar-refractivity contribution < 1.29 is 14.7 Å². The number of amides is 1. The number of carboxylic acids is 1. The molecule has 16 heavy (non-hydrogen) atoms. The van der Waals surface area contributed by atoms with E-state index in [1.807, 2.05) is 18.2 Å². The third-order valence-electron chi connectivity index (χ3n) is 2.82. The van der Waals surface area contributed by atoms with Crippen molar-refractivity contribution in [1.82, 2.24) is 5.32 Å². The van der Waals surface area contributed by atoms with Crippen molar-refractivity contribution in [2.75, 3.05) is 6.54 Å². The maximum atomic E-state index is 11.1. The average molecular weight is 219 g/mol. The van der Waals surface area contributed by atoms with Gasteiger partial charge in [0.15, 0.2) is 0 Å². The Kier molecular flexibility index (Phi) is 2.90. The fourth-order valence-corrected chi connectivity index (χ4v) is 1.98. The van der Waals surface area contributed by atoms with Gasteiger partial charge in [0.2, 0.25) is 5.91 Å². The second kappa shape index (κ2) is 4.35. The Morgan fingerprint density at radius 3 is 2.81 bits per heavy atom. The molecule has 1 aromatic rings. The van der Waals surface area contributed by atoms with Gasteiger partial charge >= 0.3 is 5.97 Å². The zero-order chi connectivity index (χ0) is 11.5. The van der Waals surface area contributed by atoms with Crippen LogP contribution in [0.25, 0.3) is 0 Å². The van der Waals surface area contributed by atoms with E-state index in [9.17, 15) is 9.59 Å². The molecule has 2 N–H and O–H groups in total. The van der Waals surface area contributed by atoms with Gasteiger partial charge in [-0.1, -0.05) is 24.3 Å². The van der Waals surface area contributed by atoms with Gasteiger partial charge < -0.3 is 10.4 Å². The number of aliphatic carboxylic acids is 1. The first-order chi connectivity index (χ1) is 7.66. The summed E-state index contributed by atoms with van der Waals surface area (Å²) in [6, 6.07) is 8.10. The number of hydrogen-bond acceptors (Lipinski definition) is 2. The Morgan fingerprint density at radius 2 is 2.12 bits per heavy atom. The van der Waals surface area contributed by atoms with E-state index in [1.165, 1.54) is 11.1 Å². The molecular weight excluding hydrogens is 206 g/mol. The van der Waals surface area contributed by atoms with Gasteiger partial charge in [-0.2, -0.15) is 0 Å². The Bertz CT molecular complexity index is 428. The maximum absolute atomic E-state index is 11.1. The molecule has 1 amide bonds. The Morgan fingerprint density at radius 1 is 1.38 bits per heavy atom. The van der Waals surface area contributed by atoms with Gasteiger partial charge in [-0.15, -0.1) is 0 Å². The van der Waals surface area contributed by atoms with E-state index < -0.39 is 18.3 Å². The monoisotopic (exact) mass is 219 g/mol. The molecule has 0 aliphatic heterocycles. The highest BCUT2D eigenvalue weighted by atomic mass is 16.4. The molecule has 0 saturated carbocycles. The highest BCUT2D eigenvalue weighted by Crippen LogP contribution is 2.33. The number of nitrogens with one attached hydrogen (secondary N) is 1. The molecule has 0 bridgehead atoms. The lowest BCUT2D eigenvalue weighted by Crippen LogP contribution is -2.34.